The first-order valence-corrected chi connectivity index (χ1v) is 5.58. The summed E-state index contributed by atoms with van der Waals surface area (Å²) in [5.41, 5.74) is 5.71. The number of fused-ring (bicyclic) bond motifs is 3. The number of benzene rings is 2. The molecule has 1 heteroatoms. The van der Waals surface area contributed by atoms with Gasteiger partial charge in [-0.05, 0) is 0 Å². The van der Waals surface area contributed by atoms with E-state index in [1.807, 2.05) is 0 Å². The summed E-state index contributed by atoms with van der Waals surface area (Å²) in [6.07, 6.45) is 1.08. The van der Waals surface area contributed by atoms with Crippen molar-refractivity contribution >= 4 is 20.5 Å². The molecule has 0 atom stereocenters. The Labute approximate surface area is 91.8 Å². The summed E-state index contributed by atoms with van der Waals surface area (Å²) >= 11 is 3.06. The van der Waals surface area contributed by atoms with Crippen LogP contribution in [0, 0.1) is 0 Å². The molecular weight excluding hydrogens is 235 g/mol. The second-order valence-corrected chi connectivity index (χ2v) is 4.64. The van der Waals surface area contributed by atoms with Gasteiger partial charge in [-0.1, -0.05) is 0 Å². The Balaban J connectivity index is 2.27. The molecule has 1 aliphatic carbocycles. The monoisotopic (exact) mass is 245 g/mol. The van der Waals surface area contributed by atoms with Crippen LogP contribution in [0.2, 0.25) is 0 Å². The van der Waals surface area contributed by atoms with Crippen LogP contribution >= 0.6 is 0 Å². The minimum atomic E-state index is 1.08. The molecule has 14 heavy (non-hydrogen) atoms. The van der Waals surface area contributed by atoms with Gasteiger partial charge in [-0.3, -0.25) is 0 Å². The number of hydrogen-bond acceptors (Lipinski definition) is 0. The number of rotatable bonds is 0. The van der Waals surface area contributed by atoms with Gasteiger partial charge < -0.3 is 0 Å². The van der Waals surface area contributed by atoms with Gasteiger partial charge >= 0.3 is 91.6 Å². The molecule has 2 aromatic carbocycles. The van der Waals surface area contributed by atoms with Crippen LogP contribution in [0.4, 0.5) is 0 Å². The van der Waals surface area contributed by atoms with Crippen molar-refractivity contribution < 1.29 is 0 Å². The molecular formula is C13H9Se-. The predicted molar refractivity (Wildman–Crippen MR) is 60.1 cm³/mol. The van der Waals surface area contributed by atoms with Crippen LogP contribution in [0.15, 0.2) is 42.5 Å². The van der Waals surface area contributed by atoms with Crippen molar-refractivity contribution in [1.29, 1.82) is 0 Å². The van der Waals surface area contributed by atoms with E-state index in [2.05, 4.69) is 58.5 Å². The zero-order chi connectivity index (χ0) is 9.54. The van der Waals surface area contributed by atoms with E-state index in [9.17, 15) is 0 Å². The summed E-state index contributed by atoms with van der Waals surface area (Å²) in [6, 6.07) is 15.3. The third kappa shape index (κ3) is 1.13. The molecule has 0 spiro atoms. The van der Waals surface area contributed by atoms with Crippen molar-refractivity contribution in [3.8, 4) is 11.1 Å². The first kappa shape index (κ1) is 8.28. The second kappa shape index (κ2) is 2.98. The Bertz CT molecular complexity index is 500. The van der Waals surface area contributed by atoms with E-state index in [4.69, 9.17) is 0 Å². The zero-order valence-corrected chi connectivity index (χ0v) is 9.37. The normalized spacial score (nSPS) is 12.3. The molecule has 0 saturated carbocycles. The molecule has 2 aromatic rings. The summed E-state index contributed by atoms with van der Waals surface area (Å²) in [5.74, 6) is 0. The molecule has 0 fully saturated rings. The van der Waals surface area contributed by atoms with E-state index < -0.39 is 0 Å². The Morgan fingerprint density at radius 3 is 2.57 bits per heavy atom. The molecule has 0 amide bonds. The van der Waals surface area contributed by atoms with Crippen molar-refractivity contribution in [3.63, 3.8) is 0 Å². The molecule has 68 valence electrons. The maximum absolute atomic E-state index is 3.06. The van der Waals surface area contributed by atoms with Crippen molar-refractivity contribution in [2.24, 2.45) is 0 Å². The quantitative estimate of drug-likeness (QED) is 0.531. The van der Waals surface area contributed by atoms with Gasteiger partial charge in [0.05, 0.1) is 0 Å². The molecule has 3 rings (SSSR count). The molecule has 0 aromatic heterocycles. The third-order valence-corrected chi connectivity index (χ3v) is 3.30. The Kier molecular flexibility index (Phi) is 1.76. The van der Waals surface area contributed by atoms with E-state index in [0.29, 0.717) is 0 Å². The summed E-state index contributed by atoms with van der Waals surface area (Å²) in [4.78, 5) is 0. The second-order valence-electron chi connectivity index (χ2n) is 3.65. The van der Waals surface area contributed by atoms with E-state index in [1.54, 1.807) is 0 Å². The average molecular weight is 244 g/mol. The fourth-order valence-corrected chi connectivity index (χ4v) is 2.56. The fourth-order valence-electron chi connectivity index (χ4n) is 2.12. The zero-order valence-electron chi connectivity index (χ0n) is 7.66. The molecule has 0 aliphatic heterocycles. The Morgan fingerprint density at radius 1 is 0.857 bits per heavy atom. The van der Waals surface area contributed by atoms with Crippen LogP contribution in [0.5, 0.6) is 0 Å². The van der Waals surface area contributed by atoms with Crippen molar-refractivity contribution in [2.75, 3.05) is 0 Å². The van der Waals surface area contributed by atoms with Crippen LogP contribution in [0.3, 0.4) is 0 Å². The summed E-state index contributed by atoms with van der Waals surface area (Å²) in [6.45, 7) is 0. The van der Waals surface area contributed by atoms with Gasteiger partial charge in [-0.2, -0.15) is 0 Å². The first-order chi connectivity index (χ1) is 6.84. The van der Waals surface area contributed by atoms with Gasteiger partial charge in [0.25, 0.3) is 0 Å². The molecule has 0 bridgehead atoms. The molecule has 0 saturated heterocycles. The van der Waals surface area contributed by atoms with Gasteiger partial charge in [0.1, 0.15) is 0 Å². The summed E-state index contributed by atoms with van der Waals surface area (Å²) in [5, 5.41) is 0. The number of hydrogen-bond donors (Lipinski definition) is 0. The van der Waals surface area contributed by atoms with Gasteiger partial charge in [-0.15, -0.1) is 0 Å². The SMILES string of the molecule is [Se-]c1ccc2c(c1)Cc1ccccc1-2. The van der Waals surface area contributed by atoms with Crippen molar-refractivity contribution in [3.05, 3.63) is 53.6 Å². The van der Waals surface area contributed by atoms with Crippen LogP contribution in [-0.4, -0.2) is 16.0 Å². The van der Waals surface area contributed by atoms with E-state index in [0.717, 1.165) is 6.42 Å². The van der Waals surface area contributed by atoms with E-state index in [-0.39, 0.29) is 0 Å². The van der Waals surface area contributed by atoms with Crippen LogP contribution in [-0.2, 0) is 6.42 Å². The summed E-state index contributed by atoms with van der Waals surface area (Å²) in [7, 11) is 0. The van der Waals surface area contributed by atoms with Gasteiger partial charge in [0, 0.05) is 0 Å². The fraction of sp³-hybridized carbons (Fsp3) is 0.0769. The van der Waals surface area contributed by atoms with Gasteiger partial charge in [0.15, 0.2) is 0 Å². The van der Waals surface area contributed by atoms with Gasteiger partial charge in [0.2, 0.25) is 0 Å². The van der Waals surface area contributed by atoms with Gasteiger partial charge in [-0.25, -0.2) is 0 Å². The minimum absolute atomic E-state index is 1.08. The Hall–Kier alpha value is -1.04. The van der Waals surface area contributed by atoms with Crippen LogP contribution in [0.25, 0.3) is 11.1 Å². The molecule has 0 nitrogen and oxygen atoms in total. The molecule has 0 heterocycles. The maximum atomic E-state index is 3.06. The standard InChI is InChI=1S/C13H10Se/c14-11-5-6-13-10(8-11)7-9-3-1-2-4-12(9)13/h1-6,8,14H,7H2/p-1. The summed E-state index contributed by atoms with van der Waals surface area (Å²) < 4.78 is 1.23. The molecule has 1 aliphatic rings. The average Bonchev–Trinajstić information content (AvgIpc) is 2.54. The van der Waals surface area contributed by atoms with Crippen molar-refractivity contribution in [2.45, 2.75) is 6.42 Å². The third-order valence-electron chi connectivity index (χ3n) is 2.77. The van der Waals surface area contributed by atoms with Crippen LogP contribution < -0.4 is 4.46 Å². The molecule has 0 radical (unpaired) electrons. The van der Waals surface area contributed by atoms with E-state index >= 15 is 0 Å². The topological polar surface area (TPSA) is 0 Å². The molecule has 0 unspecified atom stereocenters. The molecule has 0 N–H and O–H groups in total. The van der Waals surface area contributed by atoms with E-state index in [1.165, 1.54) is 26.7 Å². The Morgan fingerprint density at radius 2 is 1.64 bits per heavy atom. The van der Waals surface area contributed by atoms with Crippen LogP contribution in [0.1, 0.15) is 11.1 Å². The predicted octanol–water partition coefficient (Wildman–Crippen LogP) is 2.05. The van der Waals surface area contributed by atoms with Crippen molar-refractivity contribution in [1.82, 2.24) is 0 Å². The first-order valence-electron chi connectivity index (χ1n) is 4.73.